The molecule has 0 bridgehead atoms. The first-order valence-electron chi connectivity index (χ1n) is 6.95. The number of piperidine rings is 1. The normalized spacial score (nSPS) is 19.6. The molecular formula is C15H22Cl2N2. The molecule has 0 amide bonds. The summed E-state index contributed by atoms with van der Waals surface area (Å²) in [7, 11) is 2.18. The molecule has 1 aliphatic heterocycles. The van der Waals surface area contributed by atoms with E-state index in [0.717, 1.165) is 29.6 Å². The molecule has 19 heavy (non-hydrogen) atoms. The van der Waals surface area contributed by atoms with Crippen LogP contribution in [0.2, 0.25) is 10.0 Å². The van der Waals surface area contributed by atoms with Gasteiger partial charge in [-0.1, -0.05) is 23.2 Å². The lowest BCUT2D eigenvalue weighted by Gasteiger charge is -2.35. The van der Waals surface area contributed by atoms with Crippen LogP contribution < -0.4 is 5.73 Å². The zero-order chi connectivity index (χ0) is 13.8. The second-order valence-electron chi connectivity index (χ2n) is 5.49. The van der Waals surface area contributed by atoms with Crippen molar-refractivity contribution in [3.8, 4) is 0 Å². The number of halogens is 2. The van der Waals surface area contributed by atoms with Gasteiger partial charge in [0.05, 0.1) is 0 Å². The minimum absolute atomic E-state index is 0.435. The fourth-order valence-electron chi connectivity index (χ4n) is 3.05. The van der Waals surface area contributed by atoms with Crippen LogP contribution in [0.4, 0.5) is 0 Å². The van der Waals surface area contributed by atoms with Gasteiger partial charge in [0.1, 0.15) is 0 Å². The van der Waals surface area contributed by atoms with Crippen LogP contribution in [0.5, 0.6) is 0 Å². The van der Waals surface area contributed by atoms with E-state index in [4.69, 9.17) is 28.9 Å². The Morgan fingerprint density at radius 3 is 2.63 bits per heavy atom. The molecule has 0 spiro atoms. The van der Waals surface area contributed by atoms with Crippen LogP contribution in [0.1, 0.15) is 30.7 Å². The molecule has 106 valence electrons. The average Bonchev–Trinajstić information content (AvgIpc) is 2.40. The first-order chi connectivity index (χ1) is 9.11. The standard InChI is InChI=1S/C15H22Cl2N2/c1-19-8-5-11(6-9-19)13(4-7-18)14-10-12(16)2-3-15(14)17/h2-3,10-11,13H,4-9,18H2,1H3/t13-/m1/s1. The molecule has 0 radical (unpaired) electrons. The molecule has 1 heterocycles. The lowest BCUT2D eigenvalue weighted by molar-refractivity contribution is 0.195. The number of likely N-dealkylation sites (tertiary alicyclic amines) is 1. The van der Waals surface area contributed by atoms with Gasteiger partial charge in [0.2, 0.25) is 0 Å². The van der Waals surface area contributed by atoms with Gasteiger partial charge in [0.25, 0.3) is 0 Å². The van der Waals surface area contributed by atoms with Crippen molar-refractivity contribution in [3.63, 3.8) is 0 Å². The largest absolute Gasteiger partial charge is 0.330 e. The van der Waals surface area contributed by atoms with Crippen LogP contribution >= 0.6 is 23.2 Å². The van der Waals surface area contributed by atoms with Crippen molar-refractivity contribution in [3.05, 3.63) is 33.8 Å². The van der Waals surface area contributed by atoms with Crippen LogP contribution in [0, 0.1) is 5.92 Å². The second-order valence-corrected chi connectivity index (χ2v) is 6.33. The maximum atomic E-state index is 6.36. The SMILES string of the molecule is CN1CCC([C@@H](CCN)c2cc(Cl)ccc2Cl)CC1. The predicted octanol–water partition coefficient (Wildman–Crippen LogP) is 3.77. The molecule has 1 fully saturated rings. The monoisotopic (exact) mass is 300 g/mol. The average molecular weight is 301 g/mol. The lowest BCUT2D eigenvalue weighted by atomic mass is 9.78. The van der Waals surface area contributed by atoms with Gasteiger partial charge >= 0.3 is 0 Å². The molecule has 1 aliphatic rings. The molecule has 0 saturated carbocycles. The van der Waals surface area contributed by atoms with Crippen LogP contribution in [0.25, 0.3) is 0 Å². The topological polar surface area (TPSA) is 29.3 Å². The lowest BCUT2D eigenvalue weighted by Crippen LogP contribution is -2.33. The highest BCUT2D eigenvalue weighted by molar-refractivity contribution is 6.33. The molecule has 1 saturated heterocycles. The molecule has 0 unspecified atom stereocenters. The maximum absolute atomic E-state index is 6.36. The zero-order valence-corrected chi connectivity index (χ0v) is 12.9. The number of hydrogen-bond acceptors (Lipinski definition) is 2. The first-order valence-corrected chi connectivity index (χ1v) is 7.71. The summed E-state index contributed by atoms with van der Waals surface area (Å²) >= 11 is 12.5. The van der Waals surface area contributed by atoms with E-state index in [1.54, 1.807) is 0 Å². The van der Waals surface area contributed by atoms with Crippen LogP contribution in [-0.2, 0) is 0 Å². The fourth-order valence-corrected chi connectivity index (χ4v) is 3.49. The Morgan fingerprint density at radius 1 is 1.32 bits per heavy atom. The van der Waals surface area contributed by atoms with Crippen molar-refractivity contribution in [2.45, 2.75) is 25.2 Å². The molecular weight excluding hydrogens is 279 g/mol. The third-order valence-electron chi connectivity index (χ3n) is 4.17. The van der Waals surface area contributed by atoms with E-state index in [1.807, 2.05) is 18.2 Å². The zero-order valence-electron chi connectivity index (χ0n) is 11.4. The summed E-state index contributed by atoms with van der Waals surface area (Å²) in [5.74, 6) is 1.10. The molecule has 0 aliphatic carbocycles. The smallest absolute Gasteiger partial charge is 0.0441 e. The Morgan fingerprint density at radius 2 is 2.00 bits per heavy atom. The summed E-state index contributed by atoms with van der Waals surface area (Å²) in [6.07, 6.45) is 3.41. The summed E-state index contributed by atoms with van der Waals surface area (Å²) in [6.45, 7) is 3.01. The van der Waals surface area contributed by atoms with Gasteiger partial charge in [0, 0.05) is 10.0 Å². The van der Waals surface area contributed by atoms with E-state index in [1.165, 1.54) is 18.4 Å². The molecule has 1 aromatic carbocycles. The van der Waals surface area contributed by atoms with Crippen molar-refractivity contribution >= 4 is 23.2 Å². The van der Waals surface area contributed by atoms with Gasteiger partial charge in [-0.3, -0.25) is 0 Å². The van der Waals surface area contributed by atoms with E-state index in [0.29, 0.717) is 18.4 Å². The van der Waals surface area contributed by atoms with Gasteiger partial charge in [-0.2, -0.15) is 0 Å². The van der Waals surface area contributed by atoms with Crippen molar-refractivity contribution in [2.24, 2.45) is 11.7 Å². The molecule has 0 aromatic heterocycles. The van der Waals surface area contributed by atoms with Crippen molar-refractivity contribution < 1.29 is 0 Å². The Bertz CT molecular complexity index is 415. The maximum Gasteiger partial charge on any atom is 0.0441 e. The summed E-state index contributed by atoms with van der Waals surface area (Å²) in [4.78, 5) is 2.38. The number of hydrogen-bond donors (Lipinski definition) is 1. The first kappa shape index (κ1) is 15.1. The molecule has 4 heteroatoms. The van der Waals surface area contributed by atoms with Gasteiger partial charge in [-0.05, 0) is 81.5 Å². The summed E-state index contributed by atoms with van der Waals surface area (Å²) in [5, 5.41) is 1.58. The number of nitrogens with zero attached hydrogens (tertiary/aromatic N) is 1. The Labute approximate surface area is 125 Å². The Balaban J connectivity index is 2.21. The van der Waals surface area contributed by atoms with Gasteiger partial charge in [-0.25, -0.2) is 0 Å². The Kier molecular flexibility index (Phi) is 5.52. The van der Waals surface area contributed by atoms with Crippen molar-refractivity contribution in [1.82, 2.24) is 4.90 Å². The number of rotatable bonds is 4. The van der Waals surface area contributed by atoms with E-state index in [9.17, 15) is 0 Å². The van der Waals surface area contributed by atoms with Crippen LogP contribution in [-0.4, -0.2) is 31.6 Å². The number of nitrogens with two attached hydrogens (primary N) is 1. The predicted molar refractivity (Wildman–Crippen MR) is 83.1 cm³/mol. The highest BCUT2D eigenvalue weighted by Gasteiger charge is 2.27. The van der Waals surface area contributed by atoms with E-state index < -0.39 is 0 Å². The van der Waals surface area contributed by atoms with Crippen LogP contribution in [0.15, 0.2) is 18.2 Å². The summed E-state index contributed by atoms with van der Waals surface area (Å²) in [6, 6.07) is 5.77. The highest BCUT2D eigenvalue weighted by atomic mass is 35.5. The van der Waals surface area contributed by atoms with E-state index >= 15 is 0 Å². The third kappa shape index (κ3) is 3.85. The quantitative estimate of drug-likeness (QED) is 0.917. The molecule has 2 rings (SSSR count). The third-order valence-corrected chi connectivity index (χ3v) is 4.75. The summed E-state index contributed by atoms with van der Waals surface area (Å²) in [5.41, 5.74) is 6.98. The van der Waals surface area contributed by atoms with E-state index in [-0.39, 0.29) is 0 Å². The van der Waals surface area contributed by atoms with Crippen molar-refractivity contribution in [2.75, 3.05) is 26.7 Å². The fraction of sp³-hybridized carbons (Fsp3) is 0.600. The van der Waals surface area contributed by atoms with Gasteiger partial charge in [0.15, 0.2) is 0 Å². The highest BCUT2D eigenvalue weighted by Crippen LogP contribution is 2.38. The summed E-state index contributed by atoms with van der Waals surface area (Å²) < 4.78 is 0. The second kappa shape index (κ2) is 6.94. The molecule has 1 aromatic rings. The van der Waals surface area contributed by atoms with E-state index in [2.05, 4.69) is 11.9 Å². The molecule has 2 N–H and O–H groups in total. The van der Waals surface area contributed by atoms with Gasteiger partial charge in [-0.15, -0.1) is 0 Å². The van der Waals surface area contributed by atoms with Crippen LogP contribution in [0.3, 0.4) is 0 Å². The van der Waals surface area contributed by atoms with Crippen molar-refractivity contribution in [1.29, 1.82) is 0 Å². The molecule has 1 atom stereocenters. The van der Waals surface area contributed by atoms with Gasteiger partial charge < -0.3 is 10.6 Å². The minimum atomic E-state index is 0.435. The number of benzene rings is 1. The minimum Gasteiger partial charge on any atom is -0.330 e. The molecule has 2 nitrogen and oxygen atoms in total. The Hall–Kier alpha value is -0.280.